The van der Waals surface area contributed by atoms with Crippen molar-refractivity contribution in [3.8, 4) is 0 Å². The van der Waals surface area contributed by atoms with Crippen molar-refractivity contribution in [2.24, 2.45) is 0 Å². The van der Waals surface area contributed by atoms with Crippen molar-refractivity contribution in [3.63, 3.8) is 0 Å². The van der Waals surface area contributed by atoms with Crippen LogP contribution >= 0.6 is 23.2 Å². The molecule has 23 heavy (non-hydrogen) atoms. The van der Waals surface area contributed by atoms with Crippen LogP contribution in [0, 0.1) is 0 Å². The lowest BCUT2D eigenvalue weighted by atomic mass is 9.95. The molecule has 124 valence electrons. The zero-order valence-electron chi connectivity index (χ0n) is 13.2. The standard InChI is InChI=1S/C16H18Cl2N2O3/c1-4-7-23-15(21)13-9(2)20(3)16(22)19-14(13)10-5-6-11(17)12(18)8-10/h5-6,8,14H,4,7H2,1-3H3,(H,19,22). The SMILES string of the molecule is CCCOC(=O)C1=C(C)N(C)C(=O)NC1c1ccc(Cl)c(Cl)c1. The highest BCUT2D eigenvalue weighted by Crippen LogP contribution is 2.33. The molecule has 1 unspecified atom stereocenters. The van der Waals surface area contributed by atoms with Crippen molar-refractivity contribution in [2.45, 2.75) is 26.3 Å². The maximum Gasteiger partial charge on any atom is 0.338 e. The fourth-order valence-electron chi connectivity index (χ4n) is 2.31. The van der Waals surface area contributed by atoms with Crippen molar-refractivity contribution in [2.75, 3.05) is 13.7 Å². The number of halogens is 2. The molecule has 0 aromatic heterocycles. The Hall–Kier alpha value is -1.72. The predicted molar refractivity (Wildman–Crippen MR) is 89.4 cm³/mol. The van der Waals surface area contributed by atoms with Gasteiger partial charge in [0.25, 0.3) is 0 Å². The second kappa shape index (κ2) is 7.23. The van der Waals surface area contributed by atoms with Crippen molar-refractivity contribution < 1.29 is 14.3 Å². The van der Waals surface area contributed by atoms with Crippen LogP contribution in [-0.4, -0.2) is 30.6 Å². The van der Waals surface area contributed by atoms with Crippen molar-refractivity contribution >= 4 is 35.2 Å². The number of hydrogen-bond acceptors (Lipinski definition) is 3. The average molecular weight is 357 g/mol. The van der Waals surface area contributed by atoms with E-state index in [1.54, 1.807) is 32.2 Å². The first-order valence-corrected chi connectivity index (χ1v) is 7.99. The van der Waals surface area contributed by atoms with Crippen LogP contribution in [-0.2, 0) is 9.53 Å². The highest BCUT2D eigenvalue weighted by Gasteiger charge is 2.35. The van der Waals surface area contributed by atoms with Gasteiger partial charge in [0.15, 0.2) is 0 Å². The molecule has 1 aliphatic rings. The number of nitrogens with zero attached hydrogens (tertiary/aromatic N) is 1. The van der Waals surface area contributed by atoms with Crippen LogP contribution in [0.2, 0.25) is 10.0 Å². The molecule has 2 rings (SSSR count). The fourth-order valence-corrected chi connectivity index (χ4v) is 2.62. The minimum Gasteiger partial charge on any atom is -0.462 e. The molecule has 7 heteroatoms. The molecule has 0 aliphatic carbocycles. The minimum atomic E-state index is -0.627. The minimum absolute atomic E-state index is 0.300. The van der Waals surface area contributed by atoms with Crippen LogP contribution in [0.5, 0.6) is 0 Å². The van der Waals surface area contributed by atoms with Crippen molar-refractivity contribution in [3.05, 3.63) is 45.1 Å². The Morgan fingerprint density at radius 1 is 1.35 bits per heavy atom. The van der Waals surface area contributed by atoms with Gasteiger partial charge in [-0.25, -0.2) is 9.59 Å². The lowest BCUT2D eigenvalue weighted by Gasteiger charge is -2.33. The maximum atomic E-state index is 12.4. The van der Waals surface area contributed by atoms with Gasteiger partial charge in [0, 0.05) is 12.7 Å². The number of amides is 2. The number of hydrogen-bond donors (Lipinski definition) is 1. The van der Waals surface area contributed by atoms with Gasteiger partial charge in [-0.15, -0.1) is 0 Å². The Bertz CT molecular complexity index is 673. The first kappa shape index (κ1) is 17.6. The molecule has 0 radical (unpaired) electrons. The van der Waals surface area contributed by atoms with E-state index in [0.29, 0.717) is 33.5 Å². The number of esters is 1. The summed E-state index contributed by atoms with van der Waals surface area (Å²) in [6, 6.07) is 4.07. The molecular formula is C16H18Cl2N2O3. The van der Waals surface area contributed by atoms with Gasteiger partial charge >= 0.3 is 12.0 Å². The second-order valence-electron chi connectivity index (χ2n) is 5.25. The van der Waals surface area contributed by atoms with Crippen LogP contribution in [0.25, 0.3) is 0 Å². The number of carbonyl (C=O) groups excluding carboxylic acids is 2. The van der Waals surface area contributed by atoms with Crippen LogP contribution in [0.3, 0.4) is 0 Å². The molecule has 1 aromatic carbocycles. The Balaban J connectivity index is 2.47. The topological polar surface area (TPSA) is 58.6 Å². The first-order chi connectivity index (χ1) is 10.9. The number of urea groups is 1. The summed E-state index contributed by atoms with van der Waals surface area (Å²) in [6.07, 6.45) is 0.720. The summed E-state index contributed by atoms with van der Waals surface area (Å²) in [4.78, 5) is 25.9. The van der Waals surface area contributed by atoms with Gasteiger partial charge in [-0.1, -0.05) is 36.2 Å². The molecule has 1 atom stereocenters. The largest absolute Gasteiger partial charge is 0.462 e. The van der Waals surface area contributed by atoms with Crippen LogP contribution in [0.1, 0.15) is 31.9 Å². The lowest BCUT2D eigenvalue weighted by Crippen LogP contribution is -2.46. The van der Waals surface area contributed by atoms with Gasteiger partial charge in [0.1, 0.15) is 0 Å². The maximum absolute atomic E-state index is 12.4. The second-order valence-corrected chi connectivity index (χ2v) is 6.06. The number of nitrogens with one attached hydrogen (secondary N) is 1. The average Bonchev–Trinajstić information content (AvgIpc) is 2.52. The van der Waals surface area contributed by atoms with E-state index in [4.69, 9.17) is 27.9 Å². The number of rotatable bonds is 4. The van der Waals surface area contributed by atoms with E-state index in [9.17, 15) is 9.59 Å². The number of ether oxygens (including phenoxy) is 1. The quantitative estimate of drug-likeness (QED) is 0.831. The van der Waals surface area contributed by atoms with Gasteiger partial charge in [-0.3, -0.25) is 0 Å². The normalized spacial score (nSPS) is 18.0. The van der Waals surface area contributed by atoms with Gasteiger partial charge < -0.3 is 15.0 Å². The molecule has 0 fully saturated rings. The summed E-state index contributed by atoms with van der Waals surface area (Å²) < 4.78 is 5.26. The van der Waals surface area contributed by atoms with Crippen molar-refractivity contribution in [1.29, 1.82) is 0 Å². The van der Waals surface area contributed by atoms with E-state index in [-0.39, 0.29) is 6.03 Å². The molecule has 5 nitrogen and oxygen atoms in total. The molecule has 2 amide bonds. The molecule has 0 bridgehead atoms. The van der Waals surface area contributed by atoms with Crippen LogP contribution in [0.4, 0.5) is 4.79 Å². The Labute approximate surface area is 145 Å². The predicted octanol–water partition coefficient (Wildman–Crippen LogP) is 3.92. The third kappa shape index (κ3) is 3.62. The first-order valence-electron chi connectivity index (χ1n) is 7.23. The van der Waals surface area contributed by atoms with Crippen molar-refractivity contribution in [1.82, 2.24) is 10.2 Å². The van der Waals surface area contributed by atoms with Gasteiger partial charge in [0.05, 0.1) is 28.3 Å². The molecule has 0 saturated heterocycles. The van der Waals surface area contributed by atoms with E-state index >= 15 is 0 Å². The third-order valence-corrected chi connectivity index (χ3v) is 4.43. The molecule has 1 aliphatic heterocycles. The molecule has 0 saturated carbocycles. The summed E-state index contributed by atoms with van der Waals surface area (Å²) >= 11 is 12.0. The molecule has 1 N–H and O–H groups in total. The van der Waals surface area contributed by atoms with Gasteiger partial charge in [-0.05, 0) is 31.0 Å². The molecule has 0 spiro atoms. The van der Waals surface area contributed by atoms with Crippen LogP contribution < -0.4 is 5.32 Å². The Kier molecular flexibility index (Phi) is 5.55. The summed E-state index contributed by atoms with van der Waals surface area (Å²) in [5.41, 5.74) is 1.61. The third-order valence-electron chi connectivity index (χ3n) is 3.69. The Morgan fingerprint density at radius 3 is 2.65 bits per heavy atom. The van der Waals surface area contributed by atoms with E-state index in [1.165, 1.54) is 4.90 Å². The summed E-state index contributed by atoms with van der Waals surface area (Å²) in [5.74, 6) is -0.452. The number of carbonyl (C=O) groups is 2. The summed E-state index contributed by atoms with van der Waals surface area (Å²) in [6.45, 7) is 3.95. The van der Waals surface area contributed by atoms with Gasteiger partial charge in [0.2, 0.25) is 0 Å². The van der Waals surface area contributed by atoms with Crippen LogP contribution in [0.15, 0.2) is 29.5 Å². The smallest absolute Gasteiger partial charge is 0.338 e. The van der Waals surface area contributed by atoms with E-state index < -0.39 is 12.0 Å². The zero-order valence-corrected chi connectivity index (χ0v) is 14.7. The van der Waals surface area contributed by atoms with E-state index in [1.807, 2.05) is 6.92 Å². The molecule has 1 heterocycles. The highest BCUT2D eigenvalue weighted by molar-refractivity contribution is 6.42. The molecule has 1 aromatic rings. The summed E-state index contributed by atoms with van der Waals surface area (Å²) in [7, 11) is 1.60. The number of benzene rings is 1. The molecular weight excluding hydrogens is 339 g/mol. The monoisotopic (exact) mass is 356 g/mol. The lowest BCUT2D eigenvalue weighted by molar-refractivity contribution is -0.139. The zero-order chi connectivity index (χ0) is 17.1. The summed E-state index contributed by atoms with van der Waals surface area (Å²) in [5, 5.41) is 3.56. The fraction of sp³-hybridized carbons (Fsp3) is 0.375. The van der Waals surface area contributed by atoms with E-state index in [0.717, 1.165) is 6.42 Å². The number of allylic oxidation sites excluding steroid dienone is 1. The van der Waals surface area contributed by atoms with Gasteiger partial charge in [-0.2, -0.15) is 0 Å². The highest BCUT2D eigenvalue weighted by atomic mass is 35.5. The Morgan fingerprint density at radius 2 is 2.04 bits per heavy atom. The van der Waals surface area contributed by atoms with E-state index in [2.05, 4.69) is 5.32 Å².